The van der Waals surface area contributed by atoms with Gasteiger partial charge in [-0.15, -0.1) is 11.3 Å². The Hall–Kier alpha value is -1.69. The molecule has 2 saturated carbocycles. The van der Waals surface area contributed by atoms with Crippen molar-refractivity contribution in [3.63, 3.8) is 0 Å². The molecule has 2 aliphatic carbocycles. The van der Waals surface area contributed by atoms with Crippen molar-refractivity contribution >= 4 is 33.2 Å². The first kappa shape index (κ1) is 16.8. The van der Waals surface area contributed by atoms with Gasteiger partial charge >= 0.3 is 0 Å². The minimum Gasteiger partial charge on any atom is -0.349 e. The van der Waals surface area contributed by atoms with E-state index in [1.54, 1.807) is 11.3 Å². The minimum absolute atomic E-state index is 0.00450. The molecule has 0 aromatic carbocycles. The lowest BCUT2D eigenvalue weighted by atomic mass is 9.94. The van der Waals surface area contributed by atoms with E-state index < -0.39 is 0 Å². The van der Waals surface area contributed by atoms with Crippen molar-refractivity contribution in [2.75, 3.05) is 0 Å². The SMILES string of the molecule is Cc1nn(C2CCCCC2)c2sc(C(=O)NC3CCC(=O)CC3)cc12. The summed E-state index contributed by atoms with van der Waals surface area (Å²) in [6.45, 7) is 2.03. The van der Waals surface area contributed by atoms with E-state index in [2.05, 4.69) is 10.00 Å². The number of Topliss-reactive ketones (excluding diaryl/α,β-unsaturated/α-hetero) is 1. The number of amides is 1. The Morgan fingerprint density at radius 2 is 1.92 bits per heavy atom. The number of fused-ring (bicyclic) bond motifs is 1. The summed E-state index contributed by atoms with van der Waals surface area (Å²) in [6, 6.07) is 2.60. The van der Waals surface area contributed by atoms with Gasteiger partial charge in [0.1, 0.15) is 10.6 Å². The van der Waals surface area contributed by atoms with Crippen molar-refractivity contribution in [2.24, 2.45) is 0 Å². The van der Waals surface area contributed by atoms with Gasteiger partial charge in [0, 0.05) is 24.3 Å². The fourth-order valence-corrected chi connectivity index (χ4v) is 5.23. The zero-order valence-electron chi connectivity index (χ0n) is 14.7. The number of hydrogen-bond acceptors (Lipinski definition) is 4. The number of aromatic nitrogens is 2. The molecule has 2 aromatic rings. The van der Waals surface area contributed by atoms with E-state index in [-0.39, 0.29) is 11.9 Å². The van der Waals surface area contributed by atoms with Gasteiger partial charge in [-0.3, -0.25) is 14.3 Å². The molecule has 134 valence electrons. The van der Waals surface area contributed by atoms with E-state index in [4.69, 9.17) is 5.10 Å². The Balaban J connectivity index is 1.54. The van der Waals surface area contributed by atoms with Gasteiger partial charge in [0.2, 0.25) is 0 Å². The second kappa shape index (κ2) is 6.90. The molecular weight excluding hydrogens is 334 g/mol. The highest BCUT2D eigenvalue weighted by molar-refractivity contribution is 7.20. The topological polar surface area (TPSA) is 64.0 Å². The fraction of sp³-hybridized carbons (Fsp3) is 0.632. The Morgan fingerprint density at radius 1 is 1.20 bits per heavy atom. The largest absolute Gasteiger partial charge is 0.349 e. The van der Waals surface area contributed by atoms with E-state index in [1.807, 2.05) is 13.0 Å². The van der Waals surface area contributed by atoms with E-state index in [9.17, 15) is 9.59 Å². The van der Waals surface area contributed by atoms with Gasteiger partial charge < -0.3 is 5.32 Å². The van der Waals surface area contributed by atoms with Gasteiger partial charge in [0.25, 0.3) is 5.91 Å². The van der Waals surface area contributed by atoms with E-state index >= 15 is 0 Å². The molecule has 4 rings (SSSR count). The molecular formula is C19H25N3O2S. The van der Waals surface area contributed by atoms with Gasteiger partial charge in [0.05, 0.1) is 16.6 Å². The van der Waals surface area contributed by atoms with Crippen LogP contribution in [0.25, 0.3) is 10.2 Å². The summed E-state index contributed by atoms with van der Waals surface area (Å²) in [7, 11) is 0. The molecule has 2 heterocycles. The normalized spacial score (nSPS) is 20.3. The van der Waals surface area contributed by atoms with Crippen molar-refractivity contribution in [1.82, 2.24) is 15.1 Å². The molecule has 1 N–H and O–H groups in total. The molecule has 2 aromatic heterocycles. The number of aryl methyl sites for hydroxylation is 1. The number of hydrogen-bond donors (Lipinski definition) is 1. The Bertz CT molecular complexity index is 791. The molecule has 25 heavy (non-hydrogen) atoms. The van der Waals surface area contributed by atoms with Crippen LogP contribution in [0.15, 0.2) is 6.07 Å². The number of nitrogens with zero attached hydrogens (tertiary/aromatic N) is 2. The third-order valence-corrected chi connectivity index (χ3v) is 6.71. The molecule has 0 spiro atoms. The summed E-state index contributed by atoms with van der Waals surface area (Å²) in [6.07, 6.45) is 8.95. The summed E-state index contributed by atoms with van der Waals surface area (Å²) in [5, 5.41) is 8.98. The molecule has 6 heteroatoms. The maximum Gasteiger partial charge on any atom is 0.261 e. The van der Waals surface area contributed by atoms with Crippen LogP contribution in [0.5, 0.6) is 0 Å². The zero-order chi connectivity index (χ0) is 17.4. The highest BCUT2D eigenvalue weighted by Crippen LogP contribution is 2.35. The van der Waals surface area contributed by atoms with Crippen molar-refractivity contribution < 1.29 is 9.59 Å². The number of rotatable bonds is 3. The first-order valence-electron chi connectivity index (χ1n) is 9.43. The van der Waals surface area contributed by atoms with Crippen molar-refractivity contribution in [2.45, 2.75) is 76.8 Å². The van der Waals surface area contributed by atoms with Crippen molar-refractivity contribution in [3.8, 4) is 0 Å². The lowest BCUT2D eigenvalue weighted by Crippen LogP contribution is -2.37. The van der Waals surface area contributed by atoms with Crippen LogP contribution in [-0.4, -0.2) is 27.5 Å². The van der Waals surface area contributed by atoms with Crippen LogP contribution >= 0.6 is 11.3 Å². The zero-order valence-corrected chi connectivity index (χ0v) is 15.5. The highest BCUT2D eigenvalue weighted by Gasteiger charge is 2.24. The molecule has 0 saturated heterocycles. The standard InChI is InChI=1S/C19H25N3O2S/c1-12-16-11-17(18(24)20-13-7-9-15(23)10-8-13)25-19(16)22(21-12)14-5-3-2-4-6-14/h11,13-14H,2-10H2,1H3,(H,20,24). The maximum atomic E-state index is 12.6. The number of carbonyl (C=O) groups excluding carboxylic acids is 2. The van der Waals surface area contributed by atoms with E-state index in [0.717, 1.165) is 33.6 Å². The van der Waals surface area contributed by atoms with Gasteiger partial charge in [-0.05, 0) is 38.7 Å². The Labute approximate surface area is 151 Å². The minimum atomic E-state index is -0.00450. The lowest BCUT2D eigenvalue weighted by Gasteiger charge is -2.22. The highest BCUT2D eigenvalue weighted by atomic mass is 32.1. The van der Waals surface area contributed by atoms with Crippen molar-refractivity contribution in [1.29, 1.82) is 0 Å². The molecule has 0 atom stereocenters. The summed E-state index contributed by atoms with van der Waals surface area (Å²) in [4.78, 5) is 25.9. The average molecular weight is 359 g/mol. The van der Waals surface area contributed by atoms with Crippen LogP contribution in [0.1, 0.15) is 79.2 Å². The van der Waals surface area contributed by atoms with Crippen LogP contribution in [0.2, 0.25) is 0 Å². The first-order chi connectivity index (χ1) is 12.1. The molecule has 2 fully saturated rings. The summed E-state index contributed by atoms with van der Waals surface area (Å²) in [5.41, 5.74) is 1.01. The average Bonchev–Trinajstić information content (AvgIpc) is 3.19. The third kappa shape index (κ3) is 3.36. The van der Waals surface area contributed by atoms with Crippen LogP contribution in [0.4, 0.5) is 0 Å². The van der Waals surface area contributed by atoms with E-state index in [1.165, 1.54) is 32.1 Å². The van der Waals surface area contributed by atoms with Crippen LogP contribution in [0, 0.1) is 6.92 Å². The van der Waals surface area contributed by atoms with Crippen LogP contribution < -0.4 is 5.32 Å². The Kier molecular flexibility index (Phi) is 4.63. The smallest absolute Gasteiger partial charge is 0.261 e. The van der Waals surface area contributed by atoms with Gasteiger partial charge in [0.15, 0.2) is 0 Å². The second-order valence-corrected chi connectivity index (χ2v) is 8.47. The maximum absolute atomic E-state index is 12.6. The van der Waals surface area contributed by atoms with E-state index in [0.29, 0.717) is 24.7 Å². The first-order valence-corrected chi connectivity index (χ1v) is 10.2. The number of ketones is 1. The predicted octanol–water partition coefficient (Wildman–Crippen LogP) is 4.15. The van der Waals surface area contributed by atoms with Crippen molar-refractivity contribution in [3.05, 3.63) is 16.6 Å². The van der Waals surface area contributed by atoms with Gasteiger partial charge in [-0.2, -0.15) is 5.10 Å². The third-order valence-electron chi connectivity index (χ3n) is 5.59. The monoisotopic (exact) mass is 359 g/mol. The number of carbonyl (C=O) groups is 2. The molecule has 0 aliphatic heterocycles. The molecule has 0 bridgehead atoms. The second-order valence-electron chi connectivity index (χ2n) is 7.44. The van der Waals surface area contributed by atoms with Crippen LogP contribution in [-0.2, 0) is 4.79 Å². The molecule has 1 amide bonds. The molecule has 5 nitrogen and oxygen atoms in total. The summed E-state index contributed by atoms with van der Waals surface area (Å²) >= 11 is 1.56. The fourth-order valence-electron chi connectivity index (χ4n) is 4.10. The molecule has 2 aliphatic rings. The molecule has 0 radical (unpaired) electrons. The number of nitrogens with one attached hydrogen (secondary N) is 1. The summed E-state index contributed by atoms with van der Waals surface area (Å²) < 4.78 is 2.17. The van der Waals surface area contributed by atoms with Crippen LogP contribution in [0.3, 0.4) is 0 Å². The number of thiophene rings is 1. The quantitative estimate of drug-likeness (QED) is 0.895. The molecule has 0 unspecified atom stereocenters. The lowest BCUT2D eigenvalue weighted by molar-refractivity contribution is -0.120. The Morgan fingerprint density at radius 3 is 2.64 bits per heavy atom. The summed E-state index contributed by atoms with van der Waals surface area (Å²) in [5.74, 6) is 0.311. The van der Waals surface area contributed by atoms with Gasteiger partial charge in [-0.25, -0.2) is 0 Å². The predicted molar refractivity (Wildman–Crippen MR) is 99.2 cm³/mol. The van der Waals surface area contributed by atoms with Gasteiger partial charge in [-0.1, -0.05) is 19.3 Å².